The Balaban J connectivity index is 1.63. The van der Waals surface area contributed by atoms with Gasteiger partial charge in [-0.2, -0.15) is 4.31 Å². The molecule has 2 aliphatic rings. The molecule has 26 heavy (non-hydrogen) atoms. The Bertz CT molecular complexity index is 772. The Morgan fingerprint density at radius 1 is 1.12 bits per heavy atom. The fourth-order valence-electron chi connectivity index (χ4n) is 3.01. The summed E-state index contributed by atoms with van der Waals surface area (Å²) in [4.78, 5) is 13.8. The summed E-state index contributed by atoms with van der Waals surface area (Å²) in [5.41, 5.74) is 0. The first-order valence-electron chi connectivity index (χ1n) is 8.23. The summed E-state index contributed by atoms with van der Waals surface area (Å²) in [6.07, 6.45) is -3.95. The zero-order valence-electron chi connectivity index (χ0n) is 14.1. The molecule has 1 aliphatic carbocycles. The summed E-state index contributed by atoms with van der Waals surface area (Å²) < 4.78 is 66.7. The summed E-state index contributed by atoms with van der Waals surface area (Å²) in [5, 5.41) is 0. The second-order valence-corrected chi connectivity index (χ2v) is 8.51. The van der Waals surface area contributed by atoms with Crippen molar-refractivity contribution in [2.75, 3.05) is 26.2 Å². The number of carbonyl (C=O) groups excluding carboxylic acids is 1. The minimum Gasteiger partial charge on any atom is -0.406 e. The highest BCUT2D eigenvalue weighted by atomic mass is 32.2. The van der Waals surface area contributed by atoms with E-state index in [1.54, 1.807) is 4.90 Å². The summed E-state index contributed by atoms with van der Waals surface area (Å²) in [6.45, 7) is 2.97. The molecule has 0 spiro atoms. The molecule has 1 aliphatic heterocycles. The van der Waals surface area contributed by atoms with Crippen molar-refractivity contribution < 1.29 is 31.1 Å². The Kier molecular flexibility index (Phi) is 4.91. The predicted molar refractivity (Wildman–Crippen MR) is 85.7 cm³/mol. The highest BCUT2D eigenvalue weighted by molar-refractivity contribution is 7.89. The van der Waals surface area contributed by atoms with E-state index in [2.05, 4.69) is 4.74 Å². The van der Waals surface area contributed by atoms with Crippen LogP contribution < -0.4 is 4.74 Å². The van der Waals surface area contributed by atoms with Gasteiger partial charge >= 0.3 is 6.36 Å². The second-order valence-electron chi connectivity index (χ2n) is 6.57. The number of ether oxygens (including phenoxy) is 1. The molecule has 1 aromatic carbocycles. The highest BCUT2D eigenvalue weighted by Crippen LogP contribution is 2.39. The number of sulfonamides is 1. The van der Waals surface area contributed by atoms with E-state index >= 15 is 0 Å². The van der Waals surface area contributed by atoms with Crippen LogP contribution in [-0.4, -0.2) is 56.1 Å². The first-order valence-corrected chi connectivity index (χ1v) is 9.67. The number of hydrogen-bond donors (Lipinski definition) is 0. The van der Waals surface area contributed by atoms with Crippen molar-refractivity contribution in [2.24, 2.45) is 11.8 Å². The lowest BCUT2D eigenvalue weighted by atomic mass is 10.2. The van der Waals surface area contributed by atoms with E-state index in [1.165, 1.54) is 4.31 Å². The predicted octanol–water partition coefficient (Wildman–Crippen LogP) is 2.07. The van der Waals surface area contributed by atoms with Crippen LogP contribution in [-0.2, 0) is 14.8 Å². The topological polar surface area (TPSA) is 66.9 Å². The van der Waals surface area contributed by atoms with Crippen molar-refractivity contribution in [3.63, 3.8) is 0 Å². The van der Waals surface area contributed by atoms with Crippen LogP contribution in [0.2, 0.25) is 0 Å². The van der Waals surface area contributed by atoms with Crippen molar-refractivity contribution in [1.29, 1.82) is 0 Å². The van der Waals surface area contributed by atoms with Gasteiger partial charge in [0.25, 0.3) is 0 Å². The number of benzene rings is 1. The van der Waals surface area contributed by atoms with Crippen molar-refractivity contribution in [3.8, 4) is 5.75 Å². The van der Waals surface area contributed by atoms with Gasteiger partial charge in [0, 0.05) is 32.1 Å². The Labute approximate surface area is 149 Å². The summed E-state index contributed by atoms with van der Waals surface area (Å²) in [5.74, 6) is 0.0367. The molecule has 1 aromatic rings. The van der Waals surface area contributed by atoms with Crippen LogP contribution >= 0.6 is 0 Å². The molecule has 3 rings (SSSR count). The number of alkyl halides is 3. The maximum atomic E-state index is 12.6. The van der Waals surface area contributed by atoms with E-state index in [9.17, 15) is 26.4 Å². The molecule has 144 valence electrons. The largest absolute Gasteiger partial charge is 0.573 e. The number of piperazine rings is 1. The van der Waals surface area contributed by atoms with Gasteiger partial charge in [0.2, 0.25) is 15.9 Å². The normalized spacial score (nSPS) is 24.4. The standard InChI is InChI=1S/C16H19F3N2O4S/c1-11-10-14(11)15(22)20-6-8-21(9-7-20)26(23,24)13-4-2-12(3-5-13)25-16(17,18)19/h2-5,11,14H,6-10H2,1H3/t11-,14-/m0/s1. The van der Waals surface area contributed by atoms with Gasteiger partial charge in [-0.25, -0.2) is 8.42 Å². The van der Waals surface area contributed by atoms with Gasteiger partial charge in [0.1, 0.15) is 5.75 Å². The molecule has 0 bridgehead atoms. The van der Waals surface area contributed by atoms with E-state index in [1.807, 2.05) is 6.92 Å². The Morgan fingerprint density at radius 2 is 1.65 bits per heavy atom. The average Bonchev–Trinajstić information content (AvgIpc) is 3.30. The minimum atomic E-state index is -4.83. The van der Waals surface area contributed by atoms with Crippen molar-refractivity contribution in [3.05, 3.63) is 24.3 Å². The molecule has 2 atom stereocenters. The third-order valence-electron chi connectivity index (χ3n) is 4.67. The van der Waals surface area contributed by atoms with Crippen LogP contribution in [0.1, 0.15) is 13.3 Å². The molecular formula is C16H19F3N2O4S. The summed E-state index contributed by atoms with van der Waals surface area (Å²) in [7, 11) is -3.83. The fourth-order valence-corrected chi connectivity index (χ4v) is 4.43. The van der Waals surface area contributed by atoms with Gasteiger partial charge in [0.05, 0.1) is 4.90 Å². The lowest BCUT2D eigenvalue weighted by Gasteiger charge is -2.34. The molecule has 0 N–H and O–H groups in total. The van der Waals surface area contributed by atoms with Gasteiger partial charge < -0.3 is 9.64 Å². The molecular weight excluding hydrogens is 373 g/mol. The second kappa shape index (κ2) is 6.73. The quantitative estimate of drug-likeness (QED) is 0.787. The SMILES string of the molecule is C[C@H]1C[C@@H]1C(=O)N1CCN(S(=O)(=O)c2ccc(OC(F)(F)F)cc2)CC1. The van der Waals surface area contributed by atoms with Gasteiger partial charge in [-0.3, -0.25) is 4.79 Å². The average molecular weight is 392 g/mol. The van der Waals surface area contributed by atoms with E-state index < -0.39 is 22.1 Å². The first-order chi connectivity index (χ1) is 12.1. The van der Waals surface area contributed by atoms with Crippen LogP contribution in [0.25, 0.3) is 0 Å². The van der Waals surface area contributed by atoms with E-state index in [4.69, 9.17) is 0 Å². The number of carbonyl (C=O) groups is 1. The molecule has 0 aromatic heterocycles. The monoisotopic (exact) mass is 392 g/mol. The maximum absolute atomic E-state index is 12.6. The number of hydrogen-bond acceptors (Lipinski definition) is 4. The van der Waals surface area contributed by atoms with E-state index in [0.29, 0.717) is 19.0 Å². The molecule has 1 saturated heterocycles. The third-order valence-corrected chi connectivity index (χ3v) is 6.58. The van der Waals surface area contributed by atoms with Crippen LogP contribution in [0.3, 0.4) is 0 Å². The minimum absolute atomic E-state index is 0.0549. The number of nitrogens with zero attached hydrogens (tertiary/aromatic N) is 2. The fraction of sp³-hybridized carbons (Fsp3) is 0.562. The zero-order chi connectivity index (χ0) is 19.1. The lowest BCUT2D eigenvalue weighted by molar-refractivity contribution is -0.274. The molecule has 1 heterocycles. The molecule has 0 radical (unpaired) electrons. The van der Waals surface area contributed by atoms with E-state index in [-0.39, 0.29) is 29.8 Å². The maximum Gasteiger partial charge on any atom is 0.573 e. The van der Waals surface area contributed by atoms with Gasteiger partial charge in [0.15, 0.2) is 0 Å². The Morgan fingerprint density at radius 3 is 2.12 bits per heavy atom. The van der Waals surface area contributed by atoms with Crippen LogP contribution in [0.4, 0.5) is 13.2 Å². The number of rotatable bonds is 4. The van der Waals surface area contributed by atoms with Crippen molar-refractivity contribution in [1.82, 2.24) is 9.21 Å². The smallest absolute Gasteiger partial charge is 0.406 e. The molecule has 2 fully saturated rings. The Hall–Kier alpha value is -1.81. The zero-order valence-corrected chi connectivity index (χ0v) is 14.9. The number of halogens is 3. The number of amides is 1. The van der Waals surface area contributed by atoms with Gasteiger partial charge in [-0.05, 0) is 36.6 Å². The molecule has 0 unspecified atom stereocenters. The lowest BCUT2D eigenvalue weighted by Crippen LogP contribution is -2.51. The molecule has 10 heteroatoms. The summed E-state index contributed by atoms with van der Waals surface area (Å²) >= 11 is 0. The molecule has 1 amide bonds. The first kappa shape index (κ1) is 19.0. The third kappa shape index (κ3) is 4.12. The highest BCUT2D eigenvalue weighted by Gasteiger charge is 2.42. The van der Waals surface area contributed by atoms with Gasteiger partial charge in [-0.15, -0.1) is 13.2 Å². The molecule has 1 saturated carbocycles. The summed E-state index contributed by atoms with van der Waals surface area (Å²) in [6, 6.07) is 4.10. The van der Waals surface area contributed by atoms with Crippen molar-refractivity contribution >= 4 is 15.9 Å². The van der Waals surface area contributed by atoms with Crippen LogP contribution in [0, 0.1) is 11.8 Å². The molecule has 6 nitrogen and oxygen atoms in total. The van der Waals surface area contributed by atoms with Crippen LogP contribution in [0.5, 0.6) is 5.75 Å². The van der Waals surface area contributed by atoms with Crippen LogP contribution in [0.15, 0.2) is 29.2 Å². The van der Waals surface area contributed by atoms with Crippen molar-refractivity contribution in [2.45, 2.75) is 24.6 Å². The van der Waals surface area contributed by atoms with Gasteiger partial charge in [-0.1, -0.05) is 6.92 Å². The van der Waals surface area contributed by atoms with E-state index in [0.717, 1.165) is 30.7 Å².